The molecule has 0 saturated heterocycles. The van der Waals surface area contributed by atoms with E-state index in [-0.39, 0.29) is 0 Å². The van der Waals surface area contributed by atoms with Gasteiger partial charge < -0.3 is 0 Å². The second-order valence-electron chi connectivity index (χ2n) is 1.58. The fraction of sp³-hybridized carbons (Fsp3) is 0.250. The number of aromatic nitrogens is 1. The summed E-state index contributed by atoms with van der Waals surface area (Å²) >= 11 is 7.25. The number of hydrogen-bond acceptors (Lipinski definition) is 2. The van der Waals surface area contributed by atoms with Crippen LogP contribution in [0.4, 0.5) is 0 Å². The van der Waals surface area contributed by atoms with Crippen LogP contribution >= 0.6 is 22.9 Å². The average Bonchev–Trinajstić information content (AvgIpc) is 1.85. The van der Waals surface area contributed by atoms with E-state index >= 15 is 0 Å². The first-order valence-corrected chi connectivity index (χ1v) is 3.49. The summed E-state index contributed by atoms with van der Waals surface area (Å²) in [6.07, 6.45) is 0. The molecule has 0 radical (unpaired) electrons. The van der Waals surface area contributed by atoms with Gasteiger partial charge in [-0.05, 0) is 6.92 Å². The van der Waals surface area contributed by atoms with Crippen molar-refractivity contribution in [2.24, 2.45) is 0 Å². The van der Waals surface area contributed by atoms with Gasteiger partial charge in [0.25, 0.3) is 0 Å². The molecule has 0 unspecified atom stereocenters. The molecule has 1 aromatic rings. The topological polar surface area (TPSA) is 12.9 Å². The van der Waals surface area contributed by atoms with E-state index in [1.54, 1.807) is 11.3 Å². The molecule has 0 N–H and O–H groups in total. The Labute approximate surface area is 58.1 Å². The number of thiazole rings is 1. The molecule has 8 heavy (non-hydrogen) atoms. The number of aryl methyl sites for hydroxylation is 1. The Morgan fingerprint density at radius 2 is 2.38 bits per heavy atom. The van der Waals surface area contributed by atoms with E-state index in [1.165, 1.54) is 0 Å². The highest BCUT2D eigenvalue weighted by Crippen LogP contribution is 2.13. The van der Waals surface area contributed by atoms with Gasteiger partial charge in [0.15, 0.2) is 7.85 Å². The summed E-state index contributed by atoms with van der Waals surface area (Å²) in [6.45, 7) is 1.97. The van der Waals surface area contributed by atoms with Crippen LogP contribution in [0.15, 0.2) is 0 Å². The van der Waals surface area contributed by atoms with Gasteiger partial charge in [0, 0.05) is 9.78 Å². The van der Waals surface area contributed by atoms with Gasteiger partial charge in [-0.25, -0.2) is 4.98 Å². The van der Waals surface area contributed by atoms with Crippen LogP contribution in [-0.4, -0.2) is 12.8 Å². The maximum Gasteiger partial charge on any atom is 0.177 e. The van der Waals surface area contributed by atoms with Gasteiger partial charge in [0.2, 0.25) is 0 Å². The van der Waals surface area contributed by atoms with Crippen LogP contribution in [0, 0.1) is 6.92 Å². The lowest BCUT2D eigenvalue weighted by Gasteiger charge is -1.74. The first-order valence-electron chi connectivity index (χ1n) is 2.29. The second-order valence-corrected chi connectivity index (χ2v) is 3.35. The van der Waals surface area contributed by atoms with Gasteiger partial charge in [0.05, 0.1) is 0 Å². The monoisotopic (exact) mass is 145 g/mol. The van der Waals surface area contributed by atoms with Crippen molar-refractivity contribution >= 4 is 35.7 Å². The number of halogens is 1. The number of hydrogen-bond donors (Lipinski definition) is 0. The zero-order valence-corrected chi connectivity index (χ0v) is 6.31. The smallest absolute Gasteiger partial charge is 0.177 e. The van der Waals surface area contributed by atoms with Crippen molar-refractivity contribution < 1.29 is 0 Å². The molecule has 0 aliphatic heterocycles. The molecule has 0 spiro atoms. The molecule has 0 aromatic carbocycles. The van der Waals surface area contributed by atoms with Crippen molar-refractivity contribution in [1.29, 1.82) is 0 Å². The third kappa shape index (κ3) is 1.04. The molecule has 0 fully saturated rings. The van der Waals surface area contributed by atoms with Crippen molar-refractivity contribution in [3.05, 3.63) is 10.0 Å². The standard InChI is InChI=1S/C4H5BClNS/c1-2-3(6)7-4(5)8-2/h5H2,1H3. The van der Waals surface area contributed by atoms with Crippen molar-refractivity contribution in [3.8, 4) is 0 Å². The lowest BCUT2D eigenvalue weighted by atomic mass is 10.2. The molecule has 0 saturated carbocycles. The SMILES string of the molecule is Bc1nc(Cl)c(C)s1. The average molecular weight is 145 g/mol. The van der Waals surface area contributed by atoms with Crippen molar-refractivity contribution in [2.45, 2.75) is 6.92 Å². The molecule has 0 bridgehead atoms. The fourth-order valence-electron chi connectivity index (χ4n) is 0.503. The summed E-state index contributed by atoms with van der Waals surface area (Å²) in [5.41, 5.74) is 0. The molecule has 0 amide bonds. The highest BCUT2D eigenvalue weighted by atomic mass is 35.5. The van der Waals surface area contributed by atoms with E-state index in [0.717, 1.165) is 9.78 Å². The lowest BCUT2D eigenvalue weighted by molar-refractivity contribution is 1.42. The maximum absolute atomic E-state index is 5.63. The van der Waals surface area contributed by atoms with Crippen molar-refractivity contribution in [3.63, 3.8) is 0 Å². The van der Waals surface area contributed by atoms with E-state index < -0.39 is 0 Å². The summed E-state index contributed by atoms with van der Waals surface area (Å²) in [4.78, 5) is 6.13. The van der Waals surface area contributed by atoms with Crippen LogP contribution in [-0.2, 0) is 0 Å². The first kappa shape index (κ1) is 6.11. The molecular formula is C4H5BClNS. The third-order valence-electron chi connectivity index (χ3n) is 0.847. The van der Waals surface area contributed by atoms with Gasteiger partial charge in [-0.3, -0.25) is 0 Å². The molecule has 1 heterocycles. The summed E-state index contributed by atoms with van der Waals surface area (Å²) < 4.78 is 0. The fourth-order valence-corrected chi connectivity index (χ4v) is 1.51. The summed E-state index contributed by atoms with van der Waals surface area (Å²) in [7, 11) is 1.95. The molecule has 1 nitrogen and oxygen atoms in total. The van der Waals surface area contributed by atoms with E-state index in [2.05, 4.69) is 4.98 Å². The van der Waals surface area contributed by atoms with E-state index in [9.17, 15) is 0 Å². The largest absolute Gasteiger partial charge is 0.240 e. The summed E-state index contributed by atoms with van der Waals surface area (Å²) in [6, 6.07) is 0. The molecule has 0 aliphatic rings. The van der Waals surface area contributed by atoms with Crippen LogP contribution in [0.3, 0.4) is 0 Å². The van der Waals surface area contributed by atoms with Crippen LogP contribution in [0.2, 0.25) is 5.15 Å². The molecule has 1 rings (SSSR count). The summed E-state index contributed by atoms with van der Waals surface area (Å²) in [5.74, 6) is 0. The van der Waals surface area contributed by atoms with Crippen molar-refractivity contribution in [1.82, 2.24) is 4.98 Å². The maximum atomic E-state index is 5.63. The highest BCUT2D eigenvalue weighted by molar-refractivity contribution is 7.19. The Morgan fingerprint density at radius 3 is 2.50 bits per heavy atom. The predicted octanol–water partition coefficient (Wildman–Crippen LogP) is 0.363. The molecule has 0 aliphatic carbocycles. The number of nitrogens with zero attached hydrogens (tertiary/aromatic N) is 1. The first-order chi connectivity index (χ1) is 3.70. The normalized spacial score (nSPS) is 9.75. The Kier molecular flexibility index (Phi) is 1.58. The van der Waals surface area contributed by atoms with Gasteiger partial charge in [-0.1, -0.05) is 11.6 Å². The second kappa shape index (κ2) is 2.07. The Morgan fingerprint density at radius 1 is 1.75 bits per heavy atom. The molecule has 42 valence electrons. The Hall–Kier alpha value is -0.0151. The minimum Gasteiger partial charge on any atom is -0.240 e. The van der Waals surface area contributed by atoms with Crippen LogP contribution in [0.5, 0.6) is 0 Å². The molecule has 0 atom stereocenters. The predicted molar refractivity (Wildman–Crippen MR) is 40.0 cm³/mol. The lowest BCUT2D eigenvalue weighted by Crippen LogP contribution is -1.96. The minimum atomic E-state index is 0.646. The van der Waals surface area contributed by atoms with Gasteiger partial charge in [0.1, 0.15) is 5.15 Å². The minimum absolute atomic E-state index is 0.646. The Balaban J connectivity index is 3.14. The number of rotatable bonds is 0. The Bertz CT molecular complexity index is 178. The zero-order chi connectivity index (χ0) is 6.15. The highest BCUT2D eigenvalue weighted by Gasteiger charge is 1.97. The van der Waals surface area contributed by atoms with Crippen LogP contribution in [0.1, 0.15) is 4.88 Å². The quantitative estimate of drug-likeness (QED) is 0.481. The van der Waals surface area contributed by atoms with Crippen molar-refractivity contribution in [2.75, 3.05) is 0 Å². The van der Waals surface area contributed by atoms with Gasteiger partial charge in [-0.2, -0.15) is 0 Å². The van der Waals surface area contributed by atoms with E-state index in [1.807, 2.05) is 14.8 Å². The molecule has 1 aromatic heterocycles. The third-order valence-corrected chi connectivity index (χ3v) is 2.21. The van der Waals surface area contributed by atoms with Gasteiger partial charge in [-0.15, -0.1) is 11.3 Å². The summed E-state index contributed by atoms with van der Waals surface area (Å²) in [5, 5.41) is 0.646. The van der Waals surface area contributed by atoms with E-state index in [4.69, 9.17) is 11.6 Å². The van der Waals surface area contributed by atoms with Crippen LogP contribution < -0.4 is 4.91 Å². The van der Waals surface area contributed by atoms with Gasteiger partial charge >= 0.3 is 0 Å². The van der Waals surface area contributed by atoms with Crippen LogP contribution in [0.25, 0.3) is 0 Å². The molecule has 4 heteroatoms. The van der Waals surface area contributed by atoms with E-state index in [0.29, 0.717) is 5.15 Å². The zero-order valence-electron chi connectivity index (χ0n) is 4.73. The molecular weight excluding hydrogens is 140 g/mol.